The van der Waals surface area contributed by atoms with Crippen LogP contribution in [0.15, 0.2) is 6.20 Å². The summed E-state index contributed by atoms with van der Waals surface area (Å²) in [6.45, 7) is 4.40. The van der Waals surface area contributed by atoms with Crippen molar-refractivity contribution in [1.82, 2.24) is 9.78 Å². The van der Waals surface area contributed by atoms with Crippen molar-refractivity contribution in [3.8, 4) is 0 Å². The number of nitro groups is 1. The van der Waals surface area contributed by atoms with Gasteiger partial charge in [-0.05, 0) is 26.3 Å². The Balaban J connectivity index is 2.27. The molecule has 11 nitrogen and oxygen atoms in total. The van der Waals surface area contributed by atoms with Gasteiger partial charge in [-0.1, -0.05) is 0 Å². The molecular weight excluding hydrogens is 378 g/mol. The lowest BCUT2D eigenvalue weighted by atomic mass is 10.1. The molecule has 0 spiro atoms. The number of anilines is 1. The van der Waals surface area contributed by atoms with E-state index in [1.165, 1.54) is 13.8 Å². The summed E-state index contributed by atoms with van der Waals surface area (Å²) < 4.78 is 6.07. The van der Waals surface area contributed by atoms with Gasteiger partial charge in [0.1, 0.15) is 23.4 Å². The van der Waals surface area contributed by atoms with Crippen LogP contribution < -0.4 is 11.1 Å². The number of primary amides is 1. The van der Waals surface area contributed by atoms with E-state index >= 15 is 0 Å². The third-order valence-corrected chi connectivity index (χ3v) is 4.75. The van der Waals surface area contributed by atoms with Crippen molar-refractivity contribution in [3.63, 3.8) is 0 Å². The fourth-order valence-corrected chi connectivity index (χ4v) is 3.43. The van der Waals surface area contributed by atoms with Crippen LogP contribution in [0.1, 0.15) is 38.2 Å². The number of thiophene rings is 1. The maximum absolute atomic E-state index is 12.3. The molecule has 2 amide bonds. The van der Waals surface area contributed by atoms with Gasteiger partial charge in [0.05, 0.1) is 22.0 Å². The van der Waals surface area contributed by atoms with E-state index in [-0.39, 0.29) is 40.0 Å². The van der Waals surface area contributed by atoms with Gasteiger partial charge in [0.25, 0.3) is 5.91 Å². The normalized spacial score (nSPS) is 10.5. The molecule has 0 saturated heterocycles. The van der Waals surface area contributed by atoms with Gasteiger partial charge in [-0.15, -0.1) is 11.3 Å². The van der Waals surface area contributed by atoms with Crippen molar-refractivity contribution in [2.24, 2.45) is 5.73 Å². The number of rotatable bonds is 7. The number of amides is 2. The predicted molar refractivity (Wildman–Crippen MR) is 95.8 cm³/mol. The first-order valence-electron chi connectivity index (χ1n) is 7.74. The molecule has 2 rings (SSSR count). The minimum atomic E-state index is -0.734. The van der Waals surface area contributed by atoms with Gasteiger partial charge in [0.15, 0.2) is 0 Å². The molecule has 27 heavy (non-hydrogen) atoms. The first-order chi connectivity index (χ1) is 12.6. The number of carbonyl (C=O) groups is 3. The number of ether oxygens (including phenoxy) is 1. The number of nitrogens with two attached hydrogens (primary N) is 1. The summed E-state index contributed by atoms with van der Waals surface area (Å²) in [5.41, 5.74) is 5.62. The zero-order valence-electron chi connectivity index (χ0n) is 14.8. The number of hydrogen-bond donors (Lipinski definition) is 2. The van der Waals surface area contributed by atoms with E-state index in [0.29, 0.717) is 5.56 Å². The van der Waals surface area contributed by atoms with Crippen molar-refractivity contribution in [1.29, 1.82) is 0 Å². The van der Waals surface area contributed by atoms with Crippen LogP contribution in [0.3, 0.4) is 0 Å². The molecule has 144 valence electrons. The Morgan fingerprint density at radius 1 is 1.41 bits per heavy atom. The van der Waals surface area contributed by atoms with Crippen LogP contribution in [0, 0.1) is 24.0 Å². The van der Waals surface area contributed by atoms with Crippen LogP contribution in [0.5, 0.6) is 0 Å². The molecule has 0 radical (unpaired) electrons. The maximum Gasteiger partial charge on any atom is 0.341 e. The van der Waals surface area contributed by atoms with Gasteiger partial charge in [-0.2, -0.15) is 5.10 Å². The standard InChI is InChI=1S/C15H17N5O6S/c1-4-26-15(23)11-7(2)12(13(16)22)27-14(11)17-10(21)6-19-5-9(20(24)25)8(3)18-19/h5H,4,6H2,1-3H3,(H2,16,22)(H,17,21). The third-order valence-electron chi connectivity index (χ3n) is 3.53. The Bertz CT molecular complexity index is 932. The zero-order valence-corrected chi connectivity index (χ0v) is 15.6. The fourth-order valence-electron chi connectivity index (χ4n) is 2.37. The summed E-state index contributed by atoms with van der Waals surface area (Å²) >= 11 is 0.855. The molecule has 0 saturated carbocycles. The monoisotopic (exact) mass is 395 g/mol. The fraction of sp³-hybridized carbons (Fsp3) is 0.333. The largest absolute Gasteiger partial charge is 0.462 e. The molecule has 0 unspecified atom stereocenters. The average molecular weight is 395 g/mol. The van der Waals surface area contributed by atoms with E-state index in [1.54, 1.807) is 6.92 Å². The number of esters is 1. The van der Waals surface area contributed by atoms with Crippen LogP contribution in [-0.4, -0.2) is 39.1 Å². The minimum Gasteiger partial charge on any atom is -0.462 e. The first kappa shape index (κ1) is 20.0. The summed E-state index contributed by atoms with van der Waals surface area (Å²) in [6.07, 6.45) is 1.13. The highest BCUT2D eigenvalue weighted by Gasteiger charge is 2.26. The van der Waals surface area contributed by atoms with Gasteiger partial charge in [-0.3, -0.25) is 24.4 Å². The lowest BCUT2D eigenvalue weighted by Gasteiger charge is -2.07. The van der Waals surface area contributed by atoms with Crippen molar-refractivity contribution in [2.75, 3.05) is 11.9 Å². The van der Waals surface area contributed by atoms with Crippen LogP contribution in [0.4, 0.5) is 10.7 Å². The van der Waals surface area contributed by atoms with Gasteiger partial charge in [0, 0.05) is 0 Å². The highest BCUT2D eigenvalue weighted by Crippen LogP contribution is 2.33. The Morgan fingerprint density at radius 2 is 2.07 bits per heavy atom. The van der Waals surface area contributed by atoms with E-state index < -0.39 is 22.7 Å². The van der Waals surface area contributed by atoms with Crippen LogP contribution >= 0.6 is 11.3 Å². The molecule has 0 aliphatic heterocycles. The smallest absolute Gasteiger partial charge is 0.341 e. The molecule has 3 N–H and O–H groups in total. The second kappa shape index (κ2) is 7.95. The number of aryl methyl sites for hydroxylation is 1. The van der Waals surface area contributed by atoms with Crippen LogP contribution in [-0.2, 0) is 16.1 Å². The van der Waals surface area contributed by atoms with Crippen LogP contribution in [0.2, 0.25) is 0 Å². The second-order valence-electron chi connectivity index (χ2n) is 5.45. The van der Waals surface area contributed by atoms with Gasteiger partial charge >= 0.3 is 11.7 Å². The topological polar surface area (TPSA) is 159 Å². The molecule has 2 aromatic rings. The van der Waals surface area contributed by atoms with E-state index in [1.807, 2.05) is 0 Å². The Hall–Kier alpha value is -3.28. The van der Waals surface area contributed by atoms with Crippen molar-refractivity contribution in [3.05, 3.63) is 38.0 Å². The molecule has 0 fully saturated rings. The lowest BCUT2D eigenvalue weighted by Crippen LogP contribution is -2.20. The second-order valence-corrected chi connectivity index (χ2v) is 6.47. The third kappa shape index (κ3) is 4.28. The summed E-state index contributed by atoms with van der Waals surface area (Å²) in [6, 6.07) is 0. The highest BCUT2D eigenvalue weighted by molar-refractivity contribution is 7.18. The Morgan fingerprint density at radius 3 is 2.59 bits per heavy atom. The zero-order chi connectivity index (χ0) is 20.3. The number of nitrogens with zero attached hydrogens (tertiary/aromatic N) is 3. The van der Waals surface area contributed by atoms with E-state index in [2.05, 4.69) is 10.4 Å². The van der Waals surface area contributed by atoms with E-state index in [9.17, 15) is 24.5 Å². The first-order valence-corrected chi connectivity index (χ1v) is 8.55. The number of aromatic nitrogens is 2. The summed E-state index contributed by atoms with van der Waals surface area (Å²) in [7, 11) is 0. The summed E-state index contributed by atoms with van der Waals surface area (Å²) in [5, 5.41) is 17.4. The summed E-state index contributed by atoms with van der Waals surface area (Å²) in [4.78, 5) is 46.4. The molecule has 0 aliphatic rings. The Labute approximate surface area is 157 Å². The predicted octanol–water partition coefficient (Wildman–Crippen LogP) is 1.38. The molecule has 0 aliphatic carbocycles. The van der Waals surface area contributed by atoms with Gasteiger partial charge in [-0.25, -0.2) is 4.79 Å². The SMILES string of the molecule is CCOC(=O)c1c(NC(=O)Cn2cc([N+](=O)[O-])c(C)n2)sc(C(N)=O)c1C. The Kier molecular flexibility index (Phi) is 5.90. The van der Waals surface area contributed by atoms with Gasteiger partial charge < -0.3 is 15.8 Å². The van der Waals surface area contributed by atoms with Gasteiger partial charge in [0.2, 0.25) is 5.91 Å². The van der Waals surface area contributed by atoms with Crippen molar-refractivity contribution in [2.45, 2.75) is 27.3 Å². The van der Waals surface area contributed by atoms with E-state index in [4.69, 9.17) is 10.5 Å². The molecular formula is C15H17N5O6S. The van der Waals surface area contributed by atoms with Crippen molar-refractivity contribution < 1.29 is 24.0 Å². The number of nitrogens with one attached hydrogen (secondary N) is 1. The average Bonchev–Trinajstić information content (AvgIpc) is 3.07. The maximum atomic E-state index is 12.3. The molecule has 0 atom stereocenters. The van der Waals surface area contributed by atoms with E-state index in [0.717, 1.165) is 22.2 Å². The number of carbonyl (C=O) groups excluding carboxylic acids is 3. The van der Waals surface area contributed by atoms with Crippen molar-refractivity contribution >= 4 is 39.8 Å². The molecule has 2 aromatic heterocycles. The quantitative estimate of drug-likeness (QED) is 0.407. The highest BCUT2D eigenvalue weighted by atomic mass is 32.1. The molecule has 2 heterocycles. The molecule has 0 bridgehead atoms. The lowest BCUT2D eigenvalue weighted by molar-refractivity contribution is -0.385. The van der Waals surface area contributed by atoms with Crippen LogP contribution in [0.25, 0.3) is 0 Å². The molecule has 12 heteroatoms. The molecule has 0 aromatic carbocycles. The minimum absolute atomic E-state index is 0.0478. The summed E-state index contributed by atoms with van der Waals surface area (Å²) in [5.74, 6) is -2.02. The number of hydrogen-bond acceptors (Lipinski definition) is 8.